The van der Waals surface area contributed by atoms with Crippen LogP contribution in [0.2, 0.25) is 0 Å². The van der Waals surface area contributed by atoms with Gasteiger partial charge in [0.15, 0.2) is 11.5 Å². The summed E-state index contributed by atoms with van der Waals surface area (Å²) in [5.74, 6) is 1.03. The van der Waals surface area contributed by atoms with Gasteiger partial charge in [0.1, 0.15) is 12.9 Å². The van der Waals surface area contributed by atoms with Crippen LogP contribution < -0.4 is 9.47 Å². The number of carbonyl (C=O) groups excluding carboxylic acids is 1. The molecule has 0 bridgehead atoms. The Balaban J connectivity index is 2.81. The van der Waals surface area contributed by atoms with Crippen LogP contribution in [0.25, 0.3) is 0 Å². The molecule has 0 amide bonds. The third-order valence-corrected chi connectivity index (χ3v) is 3.14. The molecule has 0 spiro atoms. The van der Waals surface area contributed by atoms with E-state index in [0.29, 0.717) is 29.9 Å². The normalized spacial score (nSPS) is 11.1. The average molecular weight is 252 g/mol. The lowest BCUT2D eigenvalue weighted by molar-refractivity contribution is -0.0119. The molecule has 100 valence electrons. The highest BCUT2D eigenvalue weighted by molar-refractivity contribution is 5.76. The van der Waals surface area contributed by atoms with Crippen molar-refractivity contribution in [3.8, 4) is 11.5 Å². The molecule has 0 aliphatic heterocycles. The van der Waals surface area contributed by atoms with Gasteiger partial charge in [0, 0.05) is 5.56 Å². The number of methoxy groups -OCH3 is 1. The fourth-order valence-electron chi connectivity index (χ4n) is 1.54. The monoisotopic (exact) mass is 252 g/mol. The molecule has 1 aromatic carbocycles. The Morgan fingerprint density at radius 2 is 1.94 bits per heavy atom. The highest BCUT2D eigenvalue weighted by Gasteiger charge is 2.23. The summed E-state index contributed by atoms with van der Waals surface area (Å²) >= 11 is 0. The fraction of sp³-hybridized carbons (Fsp3) is 0.500. The van der Waals surface area contributed by atoms with Gasteiger partial charge in [-0.05, 0) is 31.0 Å². The third-order valence-electron chi connectivity index (χ3n) is 3.14. The van der Waals surface area contributed by atoms with Gasteiger partial charge in [-0.15, -0.1) is 0 Å². The van der Waals surface area contributed by atoms with E-state index >= 15 is 0 Å². The summed E-state index contributed by atoms with van der Waals surface area (Å²) in [5.41, 5.74) is -0.297. The van der Waals surface area contributed by atoms with Crippen LogP contribution in [0.1, 0.15) is 37.0 Å². The quantitative estimate of drug-likeness (QED) is 0.757. The van der Waals surface area contributed by atoms with E-state index in [1.165, 1.54) is 7.11 Å². The van der Waals surface area contributed by atoms with Crippen molar-refractivity contribution in [1.82, 2.24) is 0 Å². The highest BCUT2D eigenvalue weighted by atomic mass is 16.5. The first-order chi connectivity index (χ1) is 8.58. The van der Waals surface area contributed by atoms with Crippen LogP contribution in [0.15, 0.2) is 18.2 Å². The maximum atomic E-state index is 10.7. The van der Waals surface area contributed by atoms with Crippen LogP contribution in [0, 0.1) is 0 Å². The molecule has 0 aliphatic carbocycles. The van der Waals surface area contributed by atoms with E-state index in [0.717, 1.165) is 6.29 Å². The molecule has 1 aromatic rings. The fourth-order valence-corrected chi connectivity index (χ4v) is 1.54. The Morgan fingerprint density at radius 1 is 1.28 bits per heavy atom. The first-order valence-corrected chi connectivity index (χ1v) is 6.07. The Labute approximate surface area is 108 Å². The van der Waals surface area contributed by atoms with Crippen molar-refractivity contribution >= 4 is 6.29 Å². The number of hydrogen-bond acceptors (Lipinski definition) is 4. The van der Waals surface area contributed by atoms with Crippen LogP contribution >= 0.6 is 0 Å². The van der Waals surface area contributed by atoms with E-state index in [2.05, 4.69) is 0 Å². The zero-order chi connectivity index (χ0) is 13.6. The lowest BCUT2D eigenvalue weighted by atomic mass is 9.99. The highest BCUT2D eigenvalue weighted by Crippen LogP contribution is 2.29. The second-order valence-corrected chi connectivity index (χ2v) is 4.25. The molecule has 1 N–H and O–H groups in total. The molecule has 0 atom stereocenters. The van der Waals surface area contributed by atoms with Crippen LogP contribution in [0.4, 0.5) is 0 Å². The maximum absolute atomic E-state index is 10.7. The Kier molecular flexibility index (Phi) is 5.16. The third kappa shape index (κ3) is 3.47. The molecule has 0 saturated carbocycles. The predicted octanol–water partition coefficient (Wildman–Crippen LogP) is 2.44. The predicted molar refractivity (Wildman–Crippen MR) is 69.4 cm³/mol. The van der Waals surface area contributed by atoms with Gasteiger partial charge in [-0.1, -0.05) is 13.8 Å². The molecule has 0 saturated heterocycles. The SMILES string of the molecule is CCC(O)(CC)COc1ccc(C=O)cc1OC. The van der Waals surface area contributed by atoms with Crippen molar-refractivity contribution in [1.29, 1.82) is 0 Å². The number of aldehydes is 1. The first-order valence-electron chi connectivity index (χ1n) is 6.07. The summed E-state index contributed by atoms with van der Waals surface area (Å²) in [7, 11) is 1.52. The van der Waals surface area contributed by atoms with E-state index in [1.54, 1.807) is 18.2 Å². The van der Waals surface area contributed by atoms with E-state index < -0.39 is 5.60 Å². The van der Waals surface area contributed by atoms with E-state index in [-0.39, 0.29) is 6.61 Å². The summed E-state index contributed by atoms with van der Waals surface area (Å²) in [6.45, 7) is 4.04. The standard InChI is InChI=1S/C14H20O4/c1-4-14(16,5-2)10-18-12-7-6-11(9-15)8-13(12)17-3/h6-9,16H,4-5,10H2,1-3H3. The summed E-state index contributed by atoms with van der Waals surface area (Å²) in [6, 6.07) is 4.94. The minimum absolute atomic E-state index is 0.205. The second kappa shape index (κ2) is 6.40. The van der Waals surface area contributed by atoms with Crippen molar-refractivity contribution < 1.29 is 19.4 Å². The van der Waals surface area contributed by atoms with Crippen molar-refractivity contribution in [2.75, 3.05) is 13.7 Å². The lowest BCUT2D eigenvalue weighted by Crippen LogP contribution is -2.34. The van der Waals surface area contributed by atoms with Crippen LogP contribution in [-0.4, -0.2) is 30.7 Å². The number of ether oxygens (including phenoxy) is 2. The summed E-state index contributed by atoms with van der Waals surface area (Å²) in [4.78, 5) is 10.7. The van der Waals surface area contributed by atoms with Crippen LogP contribution in [0.5, 0.6) is 11.5 Å². The minimum atomic E-state index is -0.825. The topological polar surface area (TPSA) is 55.8 Å². The molecule has 4 nitrogen and oxygen atoms in total. The molecule has 18 heavy (non-hydrogen) atoms. The van der Waals surface area contributed by atoms with E-state index in [4.69, 9.17) is 9.47 Å². The van der Waals surface area contributed by atoms with E-state index in [9.17, 15) is 9.90 Å². The maximum Gasteiger partial charge on any atom is 0.161 e. The van der Waals surface area contributed by atoms with Gasteiger partial charge in [0.2, 0.25) is 0 Å². The first kappa shape index (κ1) is 14.5. The molecule has 0 unspecified atom stereocenters. The molecular weight excluding hydrogens is 232 g/mol. The summed E-state index contributed by atoms with van der Waals surface area (Å²) < 4.78 is 10.7. The van der Waals surface area contributed by atoms with Gasteiger partial charge in [-0.3, -0.25) is 4.79 Å². The molecule has 0 aromatic heterocycles. The number of hydrogen-bond donors (Lipinski definition) is 1. The Bertz CT molecular complexity index is 397. The number of aliphatic hydroxyl groups is 1. The van der Waals surface area contributed by atoms with Crippen LogP contribution in [0.3, 0.4) is 0 Å². The van der Waals surface area contributed by atoms with Crippen LogP contribution in [-0.2, 0) is 0 Å². The Hall–Kier alpha value is -1.55. The smallest absolute Gasteiger partial charge is 0.161 e. The summed E-state index contributed by atoms with van der Waals surface area (Å²) in [5, 5.41) is 10.1. The number of benzene rings is 1. The van der Waals surface area contributed by atoms with Gasteiger partial charge in [0.05, 0.1) is 12.7 Å². The molecule has 0 aliphatic rings. The lowest BCUT2D eigenvalue weighted by Gasteiger charge is -2.25. The average Bonchev–Trinajstić information content (AvgIpc) is 2.44. The van der Waals surface area contributed by atoms with Gasteiger partial charge >= 0.3 is 0 Å². The molecular formula is C14H20O4. The second-order valence-electron chi connectivity index (χ2n) is 4.25. The largest absolute Gasteiger partial charge is 0.493 e. The number of carbonyl (C=O) groups is 1. The number of rotatable bonds is 7. The molecule has 0 heterocycles. The Morgan fingerprint density at radius 3 is 2.44 bits per heavy atom. The van der Waals surface area contributed by atoms with Crippen molar-refractivity contribution in [2.45, 2.75) is 32.3 Å². The molecule has 1 rings (SSSR count). The van der Waals surface area contributed by atoms with Gasteiger partial charge in [-0.25, -0.2) is 0 Å². The van der Waals surface area contributed by atoms with E-state index in [1.807, 2.05) is 13.8 Å². The zero-order valence-corrected chi connectivity index (χ0v) is 11.1. The molecule has 4 heteroatoms. The minimum Gasteiger partial charge on any atom is -0.493 e. The van der Waals surface area contributed by atoms with Crippen molar-refractivity contribution in [3.05, 3.63) is 23.8 Å². The summed E-state index contributed by atoms with van der Waals surface area (Å²) in [6.07, 6.45) is 2.00. The van der Waals surface area contributed by atoms with Crippen molar-refractivity contribution in [3.63, 3.8) is 0 Å². The van der Waals surface area contributed by atoms with Crippen molar-refractivity contribution in [2.24, 2.45) is 0 Å². The molecule has 0 radical (unpaired) electrons. The zero-order valence-electron chi connectivity index (χ0n) is 11.1. The van der Waals surface area contributed by atoms with Gasteiger partial charge in [0.25, 0.3) is 0 Å². The van der Waals surface area contributed by atoms with Gasteiger partial charge in [-0.2, -0.15) is 0 Å². The molecule has 0 fully saturated rings. The van der Waals surface area contributed by atoms with Gasteiger partial charge < -0.3 is 14.6 Å².